The number of nitrogens with zero attached hydrogens (tertiary/aromatic N) is 3. The average molecular weight is 150 g/mol. The molecule has 0 aromatic carbocycles. The van der Waals surface area contributed by atoms with Crippen LogP contribution >= 0.6 is 0 Å². The molecule has 1 radical (unpaired) electrons. The molecule has 11 heavy (non-hydrogen) atoms. The van der Waals surface area contributed by atoms with Crippen molar-refractivity contribution in [2.75, 3.05) is 7.05 Å². The third kappa shape index (κ3) is 1.11. The van der Waals surface area contributed by atoms with Gasteiger partial charge in [0.05, 0.1) is 0 Å². The third-order valence-electron chi connectivity index (χ3n) is 1.31. The van der Waals surface area contributed by atoms with Crippen LogP contribution in [0, 0.1) is 17.5 Å². The van der Waals surface area contributed by atoms with E-state index in [9.17, 15) is 4.79 Å². The minimum Gasteiger partial charge on any atom is -0.316 e. The molecule has 1 rings (SSSR count). The van der Waals surface area contributed by atoms with Gasteiger partial charge >= 0.3 is 6.03 Å². The molecule has 55 valence electrons. The Hall–Kier alpha value is -1.67. The van der Waals surface area contributed by atoms with E-state index in [4.69, 9.17) is 11.0 Å². The van der Waals surface area contributed by atoms with Crippen molar-refractivity contribution in [2.24, 2.45) is 10.8 Å². The molecule has 2 N–H and O–H groups in total. The second kappa shape index (κ2) is 2.18. The summed E-state index contributed by atoms with van der Waals surface area (Å²) in [6, 6.07) is 1.15. The first kappa shape index (κ1) is 7.44. The molecule has 0 saturated heterocycles. The number of hydrogen-bond donors (Lipinski definition) is 1. The van der Waals surface area contributed by atoms with Crippen LogP contribution in [0.2, 0.25) is 0 Å². The summed E-state index contributed by atoms with van der Waals surface area (Å²) in [4.78, 5) is 10.7. The van der Waals surface area contributed by atoms with Gasteiger partial charge in [-0.15, -0.1) is 0 Å². The second-order valence-electron chi connectivity index (χ2n) is 2.18. The molecule has 2 amide bonds. The maximum absolute atomic E-state index is 10.7. The summed E-state index contributed by atoms with van der Waals surface area (Å²) in [7, 11) is 1.45. The van der Waals surface area contributed by atoms with Gasteiger partial charge in [0, 0.05) is 0 Å². The second-order valence-corrected chi connectivity index (χ2v) is 2.18. The predicted molar refractivity (Wildman–Crippen MR) is 36.6 cm³/mol. The molecule has 0 aromatic heterocycles. The third-order valence-corrected chi connectivity index (χ3v) is 1.31. The van der Waals surface area contributed by atoms with E-state index in [0.717, 1.165) is 0 Å². The fourth-order valence-corrected chi connectivity index (χ4v) is 0.631. The van der Waals surface area contributed by atoms with Gasteiger partial charge in [-0.3, -0.25) is 0 Å². The number of allylic oxidation sites excluding steroid dienone is 1. The van der Waals surface area contributed by atoms with Crippen LogP contribution in [0.4, 0.5) is 4.79 Å². The van der Waals surface area contributed by atoms with Gasteiger partial charge in [0.1, 0.15) is 24.9 Å². The lowest BCUT2D eigenvalue weighted by Gasteiger charge is -2.10. The number of carbonyl (C=O) groups excluding carboxylic acids is 1. The average Bonchev–Trinajstić information content (AvgIpc) is 2.33. The Kier molecular flexibility index (Phi) is 1.47. The molecule has 0 saturated carbocycles. The van der Waals surface area contributed by atoms with E-state index in [1.807, 2.05) is 0 Å². The van der Waals surface area contributed by atoms with Crippen LogP contribution in [0.15, 0.2) is 10.7 Å². The van der Waals surface area contributed by atoms with E-state index in [-0.39, 0.29) is 5.57 Å². The van der Waals surface area contributed by atoms with Crippen molar-refractivity contribution < 1.29 is 9.39 Å². The van der Waals surface area contributed by atoms with Gasteiger partial charge in [-0.05, 0) is 0 Å². The monoisotopic (exact) mass is 150 g/mol. The molecule has 0 spiro atoms. The summed E-state index contributed by atoms with van der Waals surface area (Å²) in [6.07, 6.45) is 3.78. The van der Waals surface area contributed by atoms with Crippen molar-refractivity contribution in [3.63, 3.8) is 0 Å². The molecule has 1 unspecified atom stereocenters. The smallest absolute Gasteiger partial charge is 0.316 e. The molecule has 0 aliphatic carbocycles. The lowest BCUT2D eigenvalue weighted by Crippen LogP contribution is -2.42. The summed E-state index contributed by atoms with van der Waals surface area (Å²) in [6.45, 7) is 0. The SMILES string of the molecule is C[N+]1(C(N)=O)[C]=C(C#N)C=N1. The molecular formula is C6H6N4O+. The van der Waals surface area contributed by atoms with E-state index >= 15 is 0 Å². The van der Waals surface area contributed by atoms with E-state index in [1.165, 1.54) is 13.3 Å². The number of hydrogen-bond acceptors (Lipinski definition) is 3. The first-order valence-electron chi connectivity index (χ1n) is 2.86. The van der Waals surface area contributed by atoms with Gasteiger partial charge in [0.25, 0.3) is 6.20 Å². The quantitative estimate of drug-likeness (QED) is 0.482. The van der Waals surface area contributed by atoms with E-state index < -0.39 is 10.6 Å². The number of urea groups is 1. The molecule has 0 fully saturated rings. The summed E-state index contributed by atoms with van der Waals surface area (Å²) >= 11 is 0. The lowest BCUT2D eigenvalue weighted by atomic mass is 10.4. The first-order chi connectivity index (χ1) is 5.08. The van der Waals surface area contributed by atoms with Crippen molar-refractivity contribution in [2.45, 2.75) is 0 Å². The van der Waals surface area contributed by atoms with Gasteiger partial charge in [-0.25, -0.2) is 4.79 Å². The molecule has 1 aliphatic heterocycles. The standard InChI is InChI=1S/C6H6N4O/c1-10(6(8)11)4-5(2-7)3-9-10/h3H,1H3,(H2,8,11)/q+1. The molecule has 1 heterocycles. The summed E-state index contributed by atoms with van der Waals surface area (Å²) in [5.41, 5.74) is 5.21. The number of rotatable bonds is 0. The Bertz CT molecular complexity index is 298. The van der Waals surface area contributed by atoms with Crippen LogP contribution in [0.1, 0.15) is 0 Å². The Morgan fingerprint density at radius 3 is 2.91 bits per heavy atom. The molecule has 1 atom stereocenters. The Morgan fingerprint density at radius 1 is 2.00 bits per heavy atom. The zero-order valence-corrected chi connectivity index (χ0v) is 5.90. The number of amides is 2. The van der Waals surface area contributed by atoms with E-state index in [2.05, 4.69) is 11.3 Å². The molecular weight excluding hydrogens is 144 g/mol. The fourth-order valence-electron chi connectivity index (χ4n) is 0.631. The zero-order chi connectivity index (χ0) is 8.48. The topological polar surface area (TPSA) is 79.2 Å². The van der Waals surface area contributed by atoms with Crippen molar-refractivity contribution in [3.05, 3.63) is 11.8 Å². The van der Waals surface area contributed by atoms with Crippen molar-refractivity contribution in [1.29, 1.82) is 5.26 Å². The highest BCUT2D eigenvalue weighted by molar-refractivity contribution is 5.84. The summed E-state index contributed by atoms with van der Waals surface area (Å²) < 4.78 is -0.497. The Labute approximate surface area is 63.6 Å². The van der Waals surface area contributed by atoms with Gasteiger partial charge < -0.3 is 5.73 Å². The van der Waals surface area contributed by atoms with Gasteiger partial charge in [-0.2, -0.15) is 5.26 Å². The number of nitriles is 1. The summed E-state index contributed by atoms with van der Waals surface area (Å²) in [5, 5.41) is 12.1. The van der Waals surface area contributed by atoms with Crippen molar-refractivity contribution in [3.8, 4) is 6.07 Å². The Balaban J connectivity index is 3.00. The summed E-state index contributed by atoms with van der Waals surface area (Å²) in [5.74, 6) is 0. The number of quaternary nitrogens is 1. The first-order valence-corrected chi connectivity index (χ1v) is 2.86. The predicted octanol–water partition coefficient (Wildman–Crippen LogP) is -0.278. The molecule has 1 aliphatic rings. The maximum Gasteiger partial charge on any atom is 0.445 e. The van der Waals surface area contributed by atoms with Gasteiger partial charge in [-0.1, -0.05) is 9.69 Å². The molecule has 0 aromatic rings. The number of carbonyl (C=O) groups is 1. The highest BCUT2D eigenvalue weighted by atomic mass is 16.2. The van der Waals surface area contributed by atoms with Gasteiger partial charge in [0.15, 0.2) is 0 Å². The van der Waals surface area contributed by atoms with Crippen molar-refractivity contribution >= 4 is 12.2 Å². The zero-order valence-electron chi connectivity index (χ0n) is 5.90. The van der Waals surface area contributed by atoms with Gasteiger partial charge in [0.2, 0.25) is 0 Å². The molecule has 0 bridgehead atoms. The molecule has 5 nitrogen and oxygen atoms in total. The van der Waals surface area contributed by atoms with Crippen LogP contribution in [0.5, 0.6) is 0 Å². The lowest BCUT2D eigenvalue weighted by molar-refractivity contribution is -0.791. The minimum absolute atomic E-state index is 0.228. The fraction of sp³-hybridized carbons (Fsp3) is 0.167. The highest BCUT2D eigenvalue weighted by Gasteiger charge is 2.33. The highest BCUT2D eigenvalue weighted by Crippen LogP contribution is 2.12. The normalized spacial score (nSPS) is 27.8. The van der Waals surface area contributed by atoms with Crippen LogP contribution in [-0.2, 0) is 0 Å². The van der Waals surface area contributed by atoms with E-state index in [0.29, 0.717) is 0 Å². The van der Waals surface area contributed by atoms with Crippen LogP contribution in [-0.4, -0.2) is 23.9 Å². The maximum atomic E-state index is 10.7. The minimum atomic E-state index is -0.661. The van der Waals surface area contributed by atoms with E-state index in [1.54, 1.807) is 6.07 Å². The molecule has 5 heteroatoms. The largest absolute Gasteiger partial charge is 0.445 e. The number of nitrogens with two attached hydrogens (primary N) is 1. The Morgan fingerprint density at radius 2 is 2.64 bits per heavy atom. The van der Waals surface area contributed by atoms with Crippen LogP contribution < -0.4 is 5.73 Å². The number of primary amides is 1. The van der Waals surface area contributed by atoms with Crippen LogP contribution in [0.3, 0.4) is 0 Å². The van der Waals surface area contributed by atoms with Crippen LogP contribution in [0.25, 0.3) is 0 Å². The van der Waals surface area contributed by atoms with Crippen molar-refractivity contribution in [1.82, 2.24) is 0 Å².